The van der Waals surface area contributed by atoms with E-state index in [0.717, 1.165) is 25.7 Å². The Morgan fingerprint density at radius 1 is 1.00 bits per heavy atom. The lowest BCUT2D eigenvalue weighted by Crippen LogP contribution is -2.53. The Labute approximate surface area is 182 Å². The topological polar surface area (TPSA) is 20.3 Å². The largest absolute Gasteiger partial charge is 0.378 e. The smallest absolute Gasteiger partial charge is 0.139 e. The summed E-state index contributed by atoms with van der Waals surface area (Å²) in [6.45, 7) is 9.14. The molecule has 1 aromatic carbocycles. The minimum atomic E-state index is -0.123. The number of hydrogen-bond acceptors (Lipinski definition) is 2. The third kappa shape index (κ3) is 2.78. The van der Waals surface area contributed by atoms with Crippen LogP contribution in [0.3, 0.4) is 0 Å². The Bertz CT molecular complexity index is 909. The van der Waals surface area contributed by atoms with E-state index in [2.05, 4.69) is 69.8 Å². The molecule has 0 saturated heterocycles. The molecular weight excluding hydrogens is 366 g/mol. The Morgan fingerprint density at radius 2 is 1.73 bits per heavy atom. The number of carbonyl (C=O) groups excluding carboxylic acids is 1. The number of benzene rings is 1. The van der Waals surface area contributed by atoms with Crippen molar-refractivity contribution in [1.82, 2.24) is 0 Å². The predicted octanol–water partition coefficient (Wildman–Crippen LogP) is 6.53. The standard InChI is InChI=1S/C28H37NO/c1-18-14-15-27(2)20(16-18)8-11-22-24-12-13-25(30)28(24,3)17-23(26(22)27)19-6-9-21(10-7-19)29(4)5/h6-7,9-10,16,22-24,26H,1,8,11-15,17H2,2-5H3/t22-,23?,24?,26?,27-,28-/m0/s1. The van der Waals surface area contributed by atoms with Crippen LogP contribution in [0.1, 0.15) is 70.3 Å². The molecule has 0 bridgehead atoms. The van der Waals surface area contributed by atoms with Crippen molar-refractivity contribution in [3.8, 4) is 0 Å². The van der Waals surface area contributed by atoms with Gasteiger partial charge in [-0.05, 0) is 85.3 Å². The second kappa shape index (κ2) is 6.84. The molecule has 0 amide bonds. The zero-order valence-corrected chi connectivity index (χ0v) is 19.2. The molecule has 160 valence electrons. The summed E-state index contributed by atoms with van der Waals surface area (Å²) in [7, 11) is 4.20. The molecule has 0 aliphatic heterocycles. The highest BCUT2D eigenvalue weighted by Crippen LogP contribution is 2.68. The van der Waals surface area contributed by atoms with E-state index in [1.165, 1.54) is 36.1 Å². The van der Waals surface area contributed by atoms with E-state index in [1.807, 2.05) is 0 Å². The van der Waals surface area contributed by atoms with Crippen LogP contribution in [-0.2, 0) is 4.79 Å². The molecule has 3 unspecified atom stereocenters. The summed E-state index contributed by atoms with van der Waals surface area (Å²) in [4.78, 5) is 15.3. The number of anilines is 1. The van der Waals surface area contributed by atoms with Gasteiger partial charge in [-0.2, -0.15) is 0 Å². The summed E-state index contributed by atoms with van der Waals surface area (Å²) in [5, 5.41) is 0. The summed E-state index contributed by atoms with van der Waals surface area (Å²) >= 11 is 0. The van der Waals surface area contributed by atoms with E-state index in [9.17, 15) is 4.79 Å². The summed E-state index contributed by atoms with van der Waals surface area (Å²) in [5.74, 6) is 2.89. The molecule has 0 heterocycles. The molecule has 2 heteroatoms. The molecule has 5 rings (SSSR count). The number of hydrogen-bond donors (Lipinski definition) is 0. The van der Waals surface area contributed by atoms with Gasteiger partial charge < -0.3 is 4.90 Å². The number of carbonyl (C=O) groups is 1. The normalized spacial score (nSPS) is 40.3. The molecule has 0 aromatic heterocycles. The van der Waals surface area contributed by atoms with Crippen molar-refractivity contribution in [2.24, 2.45) is 28.6 Å². The highest BCUT2D eigenvalue weighted by Gasteiger charge is 2.62. The van der Waals surface area contributed by atoms with Crippen LogP contribution in [0.15, 0.2) is 48.1 Å². The van der Waals surface area contributed by atoms with Gasteiger partial charge in [0.1, 0.15) is 5.78 Å². The van der Waals surface area contributed by atoms with Crippen LogP contribution in [0.4, 0.5) is 5.69 Å². The van der Waals surface area contributed by atoms with E-state index in [0.29, 0.717) is 29.5 Å². The number of ketones is 1. The highest BCUT2D eigenvalue weighted by molar-refractivity contribution is 5.87. The van der Waals surface area contributed by atoms with Gasteiger partial charge in [0.15, 0.2) is 0 Å². The van der Waals surface area contributed by atoms with Crippen molar-refractivity contribution in [1.29, 1.82) is 0 Å². The lowest BCUT2D eigenvalue weighted by Gasteiger charge is -2.60. The van der Waals surface area contributed by atoms with E-state index >= 15 is 0 Å². The molecule has 3 saturated carbocycles. The van der Waals surface area contributed by atoms with Crippen LogP contribution in [0.2, 0.25) is 0 Å². The monoisotopic (exact) mass is 403 g/mol. The van der Waals surface area contributed by atoms with Gasteiger partial charge in [0.25, 0.3) is 0 Å². The Hall–Kier alpha value is -1.83. The van der Waals surface area contributed by atoms with Crippen LogP contribution < -0.4 is 4.90 Å². The first-order valence-electron chi connectivity index (χ1n) is 11.9. The number of nitrogens with zero attached hydrogens (tertiary/aromatic N) is 1. The van der Waals surface area contributed by atoms with Gasteiger partial charge in [-0.15, -0.1) is 0 Å². The maximum absolute atomic E-state index is 13.1. The number of allylic oxidation sites excluding steroid dienone is 3. The molecule has 30 heavy (non-hydrogen) atoms. The van der Waals surface area contributed by atoms with Gasteiger partial charge in [-0.1, -0.05) is 49.8 Å². The Kier molecular flexibility index (Phi) is 4.58. The number of rotatable bonds is 2. The average molecular weight is 404 g/mol. The first kappa shape index (κ1) is 20.1. The van der Waals surface area contributed by atoms with Crippen LogP contribution in [0.5, 0.6) is 0 Å². The molecule has 3 fully saturated rings. The first-order valence-corrected chi connectivity index (χ1v) is 11.9. The van der Waals surface area contributed by atoms with Crippen molar-refractivity contribution in [2.45, 2.75) is 64.7 Å². The molecule has 1 aromatic rings. The lowest BCUT2D eigenvalue weighted by atomic mass is 9.44. The van der Waals surface area contributed by atoms with Crippen LogP contribution in [0.25, 0.3) is 0 Å². The van der Waals surface area contributed by atoms with Crippen LogP contribution in [-0.4, -0.2) is 19.9 Å². The zero-order chi connectivity index (χ0) is 21.3. The maximum Gasteiger partial charge on any atom is 0.139 e. The summed E-state index contributed by atoms with van der Waals surface area (Å²) in [5.41, 5.74) is 5.77. The second-order valence-corrected chi connectivity index (χ2v) is 11.3. The van der Waals surface area contributed by atoms with Crippen LogP contribution in [0, 0.1) is 28.6 Å². The number of Topliss-reactive ketones (excluding diaryl/α,β-unsaturated/α-hetero) is 1. The Balaban J connectivity index is 1.62. The molecule has 0 radical (unpaired) electrons. The first-order chi connectivity index (χ1) is 14.2. The quantitative estimate of drug-likeness (QED) is 0.559. The highest BCUT2D eigenvalue weighted by atomic mass is 16.1. The molecule has 6 atom stereocenters. The Morgan fingerprint density at radius 3 is 2.43 bits per heavy atom. The fourth-order valence-electron chi connectivity index (χ4n) is 7.95. The van der Waals surface area contributed by atoms with E-state index in [1.54, 1.807) is 5.57 Å². The van der Waals surface area contributed by atoms with Crippen molar-refractivity contribution in [3.05, 3.63) is 53.6 Å². The predicted molar refractivity (Wildman–Crippen MR) is 125 cm³/mol. The fourth-order valence-corrected chi connectivity index (χ4v) is 7.95. The fraction of sp³-hybridized carbons (Fsp3) is 0.607. The van der Waals surface area contributed by atoms with Gasteiger partial charge in [0.2, 0.25) is 0 Å². The second-order valence-electron chi connectivity index (χ2n) is 11.3. The minimum Gasteiger partial charge on any atom is -0.378 e. The van der Waals surface area contributed by atoms with E-state index in [-0.39, 0.29) is 10.8 Å². The van der Waals surface area contributed by atoms with E-state index < -0.39 is 0 Å². The minimum absolute atomic E-state index is 0.123. The maximum atomic E-state index is 13.1. The average Bonchev–Trinajstić information content (AvgIpc) is 3.02. The molecular formula is C28H37NO. The molecule has 4 aliphatic rings. The third-order valence-corrected chi connectivity index (χ3v) is 9.59. The zero-order valence-electron chi connectivity index (χ0n) is 19.2. The SMILES string of the molecule is C=C1C=C2CC[C@@H]3C(C(c4ccc(N(C)C)cc4)C[C@]4(C)C(=O)CCC34)[C@@]2(C)CC1. The van der Waals surface area contributed by atoms with Crippen molar-refractivity contribution in [3.63, 3.8) is 0 Å². The summed E-state index contributed by atoms with van der Waals surface area (Å²) < 4.78 is 0. The van der Waals surface area contributed by atoms with Crippen molar-refractivity contribution < 1.29 is 4.79 Å². The van der Waals surface area contributed by atoms with Crippen molar-refractivity contribution in [2.75, 3.05) is 19.0 Å². The van der Waals surface area contributed by atoms with Gasteiger partial charge in [-0.3, -0.25) is 4.79 Å². The van der Waals surface area contributed by atoms with Gasteiger partial charge in [0, 0.05) is 31.6 Å². The summed E-state index contributed by atoms with van der Waals surface area (Å²) in [6, 6.07) is 9.23. The third-order valence-electron chi connectivity index (χ3n) is 9.59. The molecule has 0 N–H and O–H groups in total. The van der Waals surface area contributed by atoms with Crippen LogP contribution >= 0.6 is 0 Å². The van der Waals surface area contributed by atoms with E-state index in [4.69, 9.17) is 0 Å². The van der Waals surface area contributed by atoms with Gasteiger partial charge >= 0.3 is 0 Å². The number of fused-ring (bicyclic) bond motifs is 5. The van der Waals surface area contributed by atoms with Gasteiger partial charge in [0.05, 0.1) is 0 Å². The molecule has 2 nitrogen and oxygen atoms in total. The molecule has 0 spiro atoms. The van der Waals surface area contributed by atoms with Gasteiger partial charge in [-0.25, -0.2) is 0 Å². The summed E-state index contributed by atoms with van der Waals surface area (Å²) in [6.07, 6.45) is 10.2. The molecule has 4 aliphatic carbocycles. The van der Waals surface area contributed by atoms with Crippen molar-refractivity contribution >= 4 is 11.5 Å². The lowest BCUT2D eigenvalue weighted by molar-refractivity contribution is -0.133.